The molecule has 0 atom stereocenters. The summed E-state index contributed by atoms with van der Waals surface area (Å²) in [6, 6.07) is 1.59. The zero-order chi connectivity index (χ0) is 12.5. The number of anilines is 1. The molecule has 0 saturated heterocycles. The van der Waals surface area contributed by atoms with Gasteiger partial charge in [0.1, 0.15) is 10.7 Å². The van der Waals surface area contributed by atoms with Crippen LogP contribution in [0.4, 0.5) is 5.82 Å². The third kappa shape index (κ3) is 2.46. The van der Waals surface area contributed by atoms with Crippen LogP contribution in [0.15, 0.2) is 21.6 Å². The summed E-state index contributed by atoms with van der Waals surface area (Å²) in [6.07, 6.45) is 3.41. The number of rotatable bonds is 3. The van der Waals surface area contributed by atoms with Crippen molar-refractivity contribution in [3.63, 3.8) is 0 Å². The molecule has 94 valence electrons. The Hall–Kier alpha value is -0.660. The van der Waals surface area contributed by atoms with E-state index in [1.54, 1.807) is 12.3 Å². The second-order valence-electron chi connectivity index (χ2n) is 3.87. The Bertz CT molecular complexity index is 518. The van der Waals surface area contributed by atoms with E-state index in [2.05, 4.69) is 26.2 Å². The number of nitrogens with zero attached hydrogens (tertiary/aromatic N) is 2. The minimum atomic E-state index is -3.40. The van der Waals surface area contributed by atoms with Crippen molar-refractivity contribution in [3.05, 3.63) is 16.7 Å². The maximum atomic E-state index is 12.3. The molecule has 0 bridgehead atoms. The summed E-state index contributed by atoms with van der Waals surface area (Å²) in [5, 5.41) is 3.02. The molecule has 0 aromatic carbocycles. The fourth-order valence-electron chi connectivity index (χ4n) is 1.67. The molecule has 17 heavy (non-hydrogen) atoms. The van der Waals surface area contributed by atoms with E-state index in [9.17, 15) is 8.42 Å². The van der Waals surface area contributed by atoms with Crippen LogP contribution >= 0.6 is 15.9 Å². The summed E-state index contributed by atoms with van der Waals surface area (Å²) >= 11 is 3.24. The number of fused-ring (bicyclic) bond motifs is 1. The summed E-state index contributed by atoms with van der Waals surface area (Å²) in [6.45, 7) is 2.87. The van der Waals surface area contributed by atoms with Gasteiger partial charge in [-0.15, -0.1) is 0 Å². The molecule has 1 aromatic rings. The molecular weight excluding hydrogens is 306 g/mol. The number of halogens is 1. The first-order valence-corrected chi connectivity index (χ1v) is 7.68. The van der Waals surface area contributed by atoms with Crippen LogP contribution in [0.25, 0.3) is 0 Å². The first kappa shape index (κ1) is 12.8. The van der Waals surface area contributed by atoms with Crippen LogP contribution < -0.4 is 5.32 Å². The maximum Gasteiger partial charge on any atom is 0.248 e. The zero-order valence-electron chi connectivity index (χ0n) is 9.48. The van der Waals surface area contributed by atoms with E-state index in [0.29, 0.717) is 23.5 Å². The zero-order valence-corrected chi connectivity index (χ0v) is 11.9. The van der Waals surface area contributed by atoms with Gasteiger partial charge in [-0.3, -0.25) is 0 Å². The Morgan fingerprint density at radius 3 is 3.06 bits per heavy atom. The molecule has 1 N–H and O–H groups in total. The molecule has 2 rings (SSSR count). The van der Waals surface area contributed by atoms with Crippen LogP contribution in [0.1, 0.15) is 19.8 Å². The molecule has 0 amide bonds. The van der Waals surface area contributed by atoms with Crippen molar-refractivity contribution in [2.45, 2.75) is 24.7 Å². The molecule has 1 aliphatic heterocycles. The quantitative estimate of drug-likeness (QED) is 0.925. The Morgan fingerprint density at radius 2 is 2.35 bits per heavy atom. The summed E-state index contributed by atoms with van der Waals surface area (Å²) in [4.78, 5) is 4.31. The topological polar surface area (TPSA) is 62.3 Å². The highest BCUT2D eigenvalue weighted by atomic mass is 79.9. The summed E-state index contributed by atoms with van der Waals surface area (Å²) in [5.74, 6) is 0.431. The van der Waals surface area contributed by atoms with Gasteiger partial charge in [0.2, 0.25) is 10.0 Å². The van der Waals surface area contributed by atoms with Gasteiger partial charge in [-0.2, -0.15) is 4.31 Å². The van der Waals surface area contributed by atoms with Crippen LogP contribution in [0.2, 0.25) is 0 Å². The monoisotopic (exact) mass is 319 g/mol. The molecule has 2 heterocycles. The van der Waals surface area contributed by atoms with E-state index in [4.69, 9.17) is 0 Å². The second kappa shape index (κ2) is 4.91. The predicted octanol–water partition coefficient (Wildman–Crippen LogP) is 2.02. The molecule has 0 spiro atoms. The Morgan fingerprint density at radius 1 is 1.59 bits per heavy atom. The number of aromatic nitrogens is 1. The van der Waals surface area contributed by atoms with Gasteiger partial charge in [0, 0.05) is 17.2 Å². The molecule has 0 unspecified atom stereocenters. The van der Waals surface area contributed by atoms with Gasteiger partial charge < -0.3 is 5.32 Å². The highest BCUT2D eigenvalue weighted by molar-refractivity contribution is 9.10. The van der Waals surface area contributed by atoms with Crippen molar-refractivity contribution >= 4 is 31.8 Å². The van der Waals surface area contributed by atoms with Crippen molar-refractivity contribution < 1.29 is 8.42 Å². The fourth-order valence-corrected chi connectivity index (χ4v) is 3.68. The average molecular weight is 320 g/mol. The van der Waals surface area contributed by atoms with Crippen molar-refractivity contribution in [1.29, 1.82) is 0 Å². The fraction of sp³-hybridized carbons (Fsp3) is 0.500. The van der Waals surface area contributed by atoms with Gasteiger partial charge in [0.15, 0.2) is 0 Å². The van der Waals surface area contributed by atoms with Crippen molar-refractivity contribution in [2.24, 2.45) is 0 Å². The lowest BCUT2D eigenvalue weighted by Crippen LogP contribution is -2.40. The molecule has 5 nitrogen and oxygen atoms in total. The number of sulfonamides is 1. The van der Waals surface area contributed by atoms with Crippen molar-refractivity contribution in [2.75, 3.05) is 18.5 Å². The Labute approximate surface area is 109 Å². The molecule has 1 aliphatic rings. The first-order chi connectivity index (χ1) is 8.05. The lowest BCUT2D eigenvalue weighted by Gasteiger charge is -2.28. The third-order valence-corrected chi connectivity index (χ3v) is 4.91. The molecule has 7 heteroatoms. The van der Waals surface area contributed by atoms with Gasteiger partial charge in [0.25, 0.3) is 0 Å². The first-order valence-electron chi connectivity index (χ1n) is 5.45. The van der Waals surface area contributed by atoms with Crippen molar-refractivity contribution in [1.82, 2.24) is 9.29 Å². The Balaban J connectivity index is 2.37. The van der Waals surface area contributed by atoms with Gasteiger partial charge in [-0.05, 0) is 28.4 Å². The second-order valence-corrected chi connectivity index (χ2v) is 6.69. The molecule has 0 fully saturated rings. The largest absolute Gasteiger partial charge is 0.355 e. The maximum absolute atomic E-state index is 12.3. The third-order valence-electron chi connectivity index (χ3n) is 2.62. The summed E-state index contributed by atoms with van der Waals surface area (Å²) < 4.78 is 26.7. The highest BCUT2D eigenvalue weighted by Crippen LogP contribution is 2.29. The Kier molecular flexibility index (Phi) is 3.70. The number of unbranched alkanes of at least 4 members (excludes halogenated alkanes) is 1. The molecule has 1 aromatic heterocycles. The standard InChI is InChI=1S/C10H14BrN3O2S/c1-2-3-4-14-7-13-10-9(17(14,15)16)5-8(11)6-12-10/h5-6H,2-4,7H2,1H3,(H,12,13). The SMILES string of the molecule is CCCCN1CNc2ncc(Br)cc2S1(=O)=O. The van der Waals surface area contributed by atoms with Gasteiger partial charge in [-0.25, -0.2) is 13.4 Å². The number of pyridine rings is 1. The van der Waals surface area contributed by atoms with Crippen LogP contribution in [-0.4, -0.2) is 30.9 Å². The molecule has 0 saturated carbocycles. The van der Waals surface area contributed by atoms with E-state index in [0.717, 1.165) is 12.8 Å². The van der Waals surface area contributed by atoms with E-state index in [1.165, 1.54) is 4.31 Å². The number of nitrogens with one attached hydrogen (secondary N) is 1. The highest BCUT2D eigenvalue weighted by Gasteiger charge is 2.31. The van der Waals surface area contributed by atoms with E-state index < -0.39 is 10.0 Å². The van der Waals surface area contributed by atoms with Gasteiger partial charge in [0.05, 0.1) is 6.67 Å². The van der Waals surface area contributed by atoms with Crippen LogP contribution in [0, 0.1) is 0 Å². The normalized spacial score (nSPS) is 18.5. The van der Waals surface area contributed by atoms with Crippen molar-refractivity contribution in [3.8, 4) is 0 Å². The lowest BCUT2D eigenvalue weighted by molar-refractivity contribution is 0.415. The molecular formula is C10H14BrN3O2S. The van der Waals surface area contributed by atoms with Gasteiger partial charge >= 0.3 is 0 Å². The average Bonchev–Trinajstić information content (AvgIpc) is 2.29. The summed E-state index contributed by atoms with van der Waals surface area (Å²) in [5.41, 5.74) is 0. The van der Waals surface area contributed by atoms with E-state index in [1.807, 2.05) is 6.92 Å². The number of hydrogen-bond donors (Lipinski definition) is 1. The predicted molar refractivity (Wildman–Crippen MR) is 69.2 cm³/mol. The molecule has 0 radical (unpaired) electrons. The van der Waals surface area contributed by atoms with Crippen LogP contribution in [0.3, 0.4) is 0 Å². The van der Waals surface area contributed by atoms with E-state index >= 15 is 0 Å². The number of hydrogen-bond acceptors (Lipinski definition) is 4. The van der Waals surface area contributed by atoms with Crippen LogP contribution in [-0.2, 0) is 10.0 Å². The molecule has 0 aliphatic carbocycles. The van der Waals surface area contributed by atoms with E-state index in [-0.39, 0.29) is 4.90 Å². The summed E-state index contributed by atoms with van der Waals surface area (Å²) in [7, 11) is -3.40. The minimum absolute atomic E-state index is 0.245. The smallest absolute Gasteiger partial charge is 0.248 e. The minimum Gasteiger partial charge on any atom is -0.355 e. The van der Waals surface area contributed by atoms with Crippen LogP contribution in [0.5, 0.6) is 0 Å². The van der Waals surface area contributed by atoms with Gasteiger partial charge in [-0.1, -0.05) is 13.3 Å². The lowest BCUT2D eigenvalue weighted by atomic mass is 10.3.